The summed E-state index contributed by atoms with van der Waals surface area (Å²) in [4.78, 5) is 11.0. The van der Waals surface area contributed by atoms with Gasteiger partial charge >= 0.3 is 0 Å². The highest BCUT2D eigenvalue weighted by Gasteiger charge is 2.11. The molecule has 14 heavy (non-hydrogen) atoms. The van der Waals surface area contributed by atoms with Crippen molar-refractivity contribution < 1.29 is 13.2 Å². The third kappa shape index (κ3) is 2.88. The number of carbonyl (C=O) groups excluding carboxylic acids is 1. The van der Waals surface area contributed by atoms with Gasteiger partial charge in [0.15, 0.2) is 5.78 Å². The molecule has 0 fully saturated rings. The third-order valence-electron chi connectivity index (χ3n) is 1.52. The van der Waals surface area contributed by atoms with E-state index in [1.807, 2.05) is 0 Å². The largest absolute Gasteiger partial charge is 0.289 e. The van der Waals surface area contributed by atoms with Gasteiger partial charge in [0, 0.05) is 0 Å². The highest BCUT2D eigenvalue weighted by molar-refractivity contribution is 9.12. The fraction of sp³-hybridized carbons (Fsp3) is 0.250. The smallest absolute Gasteiger partial charge is 0.253 e. The molecule has 1 aliphatic rings. The first kappa shape index (κ1) is 11.3. The van der Waals surface area contributed by atoms with E-state index in [2.05, 4.69) is 20.3 Å². The van der Waals surface area contributed by atoms with Gasteiger partial charge in [-0.2, -0.15) is 4.40 Å². The Labute approximate surface area is 90.6 Å². The summed E-state index contributed by atoms with van der Waals surface area (Å²) in [5.41, 5.74) is 0.262. The van der Waals surface area contributed by atoms with E-state index in [0.29, 0.717) is 4.48 Å². The normalized spacial score (nSPS) is 20.0. The van der Waals surface area contributed by atoms with Crippen LogP contribution in [0.25, 0.3) is 0 Å². The van der Waals surface area contributed by atoms with Crippen molar-refractivity contribution in [3.8, 4) is 0 Å². The minimum atomic E-state index is -3.40. The lowest BCUT2D eigenvalue weighted by atomic mass is 10.2. The summed E-state index contributed by atoms with van der Waals surface area (Å²) in [6, 6.07) is 0. The van der Waals surface area contributed by atoms with Crippen LogP contribution in [0.15, 0.2) is 27.1 Å². The van der Waals surface area contributed by atoms with Crippen molar-refractivity contribution in [2.45, 2.75) is 6.92 Å². The van der Waals surface area contributed by atoms with Gasteiger partial charge < -0.3 is 0 Å². The molecule has 6 heteroatoms. The van der Waals surface area contributed by atoms with Crippen LogP contribution in [0.4, 0.5) is 0 Å². The van der Waals surface area contributed by atoms with Gasteiger partial charge in [0.2, 0.25) is 0 Å². The minimum Gasteiger partial charge on any atom is -0.289 e. The third-order valence-corrected chi connectivity index (χ3v) is 3.36. The molecule has 0 aromatic rings. The molecule has 0 aliphatic heterocycles. The molecule has 0 aromatic heterocycles. The molecule has 1 aliphatic carbocycles. The van der Waals surface area contributed by atoms with E-state index in [0.717, 1.165) is 0 Å². The SMILES string of the molecule is CCS(=O)(=O)N=C1C=CC(=O)C(Br)=C1. The van der Waals surface area contributed by atoms with Gasteiger partial charge in [-0.15, -0.1) is 0 Å². The lowest BCUT2D eigenvalue weighted by molar-refractivity contribution is -0.110. The van der Waals surface area contributed by atoms with Crippen LogP contribution in [0.3, 0.4) is 0 Å². The number of halogens is 1. The predicted molar refractivity (Wildman–Crippen MR) is 58.1 cm³/mol. The molecule has 76 valence electrons. The Morgan fingerprint density at radius 3 is 2.57 bits per heavy atom. The highest BCUT2D eigenvalue weighted by atomic mass is 79.9. The maximum absolute atomic E-state index is 11.1. The fourth-order valence-corrected chi connectivity index (χ4v) is 1.70. The van der Waals surface area contributed by atoms with E-state index in [-0.39, 0.29) is 17.2 Å². The second kappa shape index (κ2) is 4.18. The Balaban J connectivity index is 3.04. The van der Waals surface area contributed by atoms with E-state index < -0.39 is 10.0 Å². The van der Waals surface area contributed by atoms with Crippen molar-refractivity contribution in [1.29, 1.82) is 0 Å². The molecule has 1 rings (SSSR count). The zero-order chi connectivity index (χ0) is 10.8. The topological polar surface area (TPSA) is 63.6 Å². The number of hydrogen-bond acceptors (Lipinski definition) is 3. The second-order valence-electron chi connectivity index (χ2n) is 2.58. The first-order valence-corrected chi connectivity index (χ1v) is 6.27. The van der Waals surface area contributed by atoms with E-state index in [1.165, 1.54) is 25.2 Å². The van der Waals surface area contributed by atoms with Crippen LogP contribution >= 0.6 is 15.9 Å². The average molecular weight is 278 g/mol. The zero-order valence-electron chi connectivity index (χ0n) is 7.40. The van der Waals surface area contributed by atoms with E-state index in [9.17, 15) is 13.2 Å². The predicted octanol–water partition coefficient (Wildman–Crippen LogP) is 1.19. The number of allylic oxidation sites excluding steroid dienone is 4. The molecule has 0 radical (unpaired) electrons. The Bertz CT molecular complexity index is 445. The molecule has 0 bridgehead atoms. The molecular weight excluding hydrogens is 270 g/mol. The molecule has 0 atom stereocenters. The maximum atomic E-state index is 11.1. The number of carbonyl (C=O) groups is 1. The van der Waals surface area contributed by atoms with Crippen LogP contribution in [-0.4, -0.2) is 25.7 Å². The summed E-state index contributed by atoms with van der Waals surface area (Å²) >= 11 is 3.01. The van der Waals surface area contributed by atoms with Gasteiger partial charge in [-0.1, -0.05) is 0 Å². The standard InChI is InChI=1S/C8H8BrNO3S/c1-2-14(12,13)10-6-3-4-8(11)7(9)5-6/h3-5H,2H2,1H3. The lowest BCUT2D eigenvalue weighted by Gasteiger charge is -2.01. The minimum absolute atomic E-state index is 0.0518. The molecule has 0 amide bonds. The second-order valence-corrected chi connectivity index (χ2v) is 5.35. The van der Waals surface area contributed by atoms with Crippen LogP contribution in [0.2, 0.25) is 0 Å². The van der Waals surface area contributed by atoms with Gasteiger partial charge in [0.1, 0.15) is 0 Å². The molecular formula is C8H8BrNO3S. The summed E-state index contributed by atoms with van der Waals surface area (Å²) in [5, 5.41) is 0. The number of sulfonamides is 1. The van der Waals surface area contributed by atoms with E-state index in [4.69, 9.17) is 0 Å². The molecule has 0 unspecified atom stereocenters. The van der Waals surface area contributed by atoms with Crippen molar-refractivity contribution >= 4 is 37.4 Å². The molecule has 0 heterocycles. The maximum Gasteiger partial charge on any atom is 0.253 e. The van der Waals surface area contributed by atoms with Gasteiger partial charge in [0.25, 0.3) is 10.0 Å². The van der Waals surface area contributed by atoms with Crippen molar-refractivity contribution in [2.75, 3.05) is 5.75 Å². The van der Waals surface area contributed by atoms with Gasteiger partial charge in [-0.3, -0.25) is 4.79 Å². The summed E-state index contributed by atoms with van der Waals surface area (Å²) < 4.78 is 26.0. The highest BCUT2D eigenvalue weighted by Crippen LogP contribution is 2.13. The number of rotatable bonds is 2. The number of nitrogens with zero attached hydrogens (tertiary/aromatic N) is 1. The number of hydrogen-bond donors (Lipinski definition) is 0. The van der Waals surface area contributed by atoms with Crippen molar-refractivity contribution in [1.82, 2.24) is 0 Å². The number of ketones is 1. The van der Waals surface area contributed by atoms with E-state index >= 15 is 0 Å². The molecule has 0 saturated heterocycles. The Hall–Kier alpha value is -0.750. The summed E-state index contributed by atoms with van der Waals surface area (Å²) in [6.45, 7) is 1.51. The molecule has 4 nitrogen and oxygen atoms in total. The molecule has 0 aromatic carbocycles. The quantitative estimate of drug-likeness (QED) is 0.713. The Morgan fingerprint density at radius 1 is 1.43 bits per heavy atom. The van der Waals surface area contributed by atoms with Crippen LogP contribution in [-0.2, 0) is 14.8 Å². The van der Waals surface area contributed by atoms with Gasteiger partial charge in [-0.05, 0) is 41.1 Å². The summed E-state index contributed by atoms with van der Waals surface area (Å²) in [5.74, 6) is -0.248. The Kier molecular flexibility index (Phi) is 3.38. The van der Waals surface area contributed by atoms with Crippen LogP contribution in [0.1, 0.15) is 6.92 Å². The summed E-state index contributed by atoms with van der Waals surface area (Å²) in [7, 11) is -3.40. The van der Waals surface area contributed by atoms with Crippen LogP contribution in [0.5, 0.6) is 0 Å². The van der Waals surface area contributed by atoms with E-state index in [1.54, 1.807) is 0 Å². The van der Waals surface area contributed by atoms with Gasteiger partial charge in [0.05, 0.1) is 15.9 Å². The first-order valence-electron chi connectivity index (χ1n) is 3.87. The molecule has 0 N–H and O–H groups in total. The Morgan fingerprint density at radius 2 is 2.07 bits per heavy atom. The zero-order valence-corrected chi connectivity index (χ0v) is 9.80. The molecule has 0 spiro atoms. The monoisotopic (exact) mass is 277 g/mol. The molecule has 0 saturated carbocycles. The van der Waals surface area contributed by atoms with Crippen molar-refractivity contribution in [2.24, 2.45) is 4.40 Å². The van der Waals surface area contributed by atoms with Crippen LogP contribution in [0, 0.1) is 0 Å². The first-order chi connectivity index (χ1) is 6.44. The van der Waals surface area contributed by atoms with Crippen molar-refractivity contribution in [3.05, 3.63) is 22.7 Å². The lowest BCUT2D eigenvalue weighted by Crippen LogP contribution is -2.07. The van der Waals surface area contributed by atoms with Gasteiger partial charge in [-0.25, -0.2) is 8.42 Å². The fourth-order valence-electron chi connectivity index (χ4n) is 0.772. The average Bonchev–Trinajstić information content (AvgIpc) is 2.11. The summed E-state index contributed by atoms with van der Waals surface area (Å²) in [6.07, 6.45) is 4.03. The van der Waals surface area contributed by atoms with Crippen molar-refractivity contribution in [3.63, 3.8) is 0 Å². The van der Waals surface area contributed by atoms with Crippen LogP contribution < -0.4 is 0 Å².